The fourth-order valence-corrected chi connectivity index (χ4v) is 4.29. The van der Waals surface area contributed by atoms with Gasteiger partial charge < -0.3 is 4.90 Å². The zero-order chi connectivity index (χ0) is 15.5. The number of halogens is 1. The number of nitrogens with zero attached hydrogens (tertiary/aromatic N) is 2. The Kier molecular flexibility index (Phi) is 5.66. The number of alkyl halides is 1. The zero-order valence-electron chi connectivity index (χ0n) is 12.6. The van der Waals surface area contributed by atoms with Crippen LogP contribution in [-0.2, 0) is 16.4 Å². The van der Waals surface area contributed by atoms with Crippen molar-refractivity contribution in [3.63, 3.8) is 0 Å². The van der Waals surface area contributed by atoms with Gasteiger partial charge in [0.1, 0.15) is 0 Å². The second-order valence-corrected chi connectivity index (χ2v) is 8.01. The molecule has 0 spiro atoms. The van der Waals surface area contributed by atoms with Crippen LogP contribution in [0.4, 0.5) is 0 Å². The molecule has 1 aliphatic rings. The molecular weight excluding hydrogens is 308 g/mol. The molecule has 1 aromatic rings. The van der Waals surface area contributed by atoms with Crippen molar-refractivity contribution in [3.05, 3.63) is 29.8 Å². The molecule has 0 amide bonds. The summed E-state index contributed by atoms with van der Waals surface area (Å²) in [5.41, 5.74) is 1.06. The molecule has 1 saturated heterocycles. The zero-order valence-corrected chi connectivity index (χ0v) is 14.2. The van der Waals surface area contributed by atoms with Crippen molar-refractivity contribution in [3.8, 4) is 0 Å². The molecular formula is C15H23ClN2O2S. The Bertz CT molecular complexity index is 552. The molecule has 0 radical (unpaired) electrons. The number of benzene rings is 1. The van der Waals surface area contributed by atoms with E-state index in [4.69, 9.17) is 11.6 Å². The van der Waals surface area contributed by atoms with Crippen LogP contribution in [0.5, 0.6) is 0 Å². The van der Waals surface area contributed by atoms with Crippen LogP contribution in [0.3, 0.4) is 0 Å². The van der Waals surface area contributed by atoms with Gasteiger partial charge in [0.25, 0.3) is 0 Å². The molecule has 0 unspecified atom stereocenters. The molecule has 0 N–H and O–H groups in total. The molecule has 0 aromatic heterocycles. The van der Waals surface area contributed by atoms with E-state index in [1.54, 1.807) is 19.2 Å². The average Bonchev–Trinajstić information content (AvgIpc) is 2.48. The molecule has 1 aliphatic heterocycles. The Morgan fingerprint density at radius 2 is 1.81 bits per heavy atom. The van der Waals surface area contributed by atoms with Gasteiger partial charge in [0, 0.05) is 19.0 Å². The van der Waals surface area contributed by atoms with Gasteiger partial charge in [-0.1, -0.05) is 12.1 Å². The van der Waals surface area contributed by atoms with Crippen molar-refractivity contribution >= 4 is 21.6 Å². The lowest BCUT2D eigenvalue weighted by molar-refractivity contribution is 0.197. The van der Waals surface area contributed by atoms with Gasteiger partial charge in [0.2, 0.25) is 10.0 Å². The number of likely N-dealkylation sites (tertiary alicyclic amines) is 1. The minimum absolute atomic E-state index is 0.0914. The number of sulfonamides is 1. The van der Waals surface area contributed by atoms with E-state index in [1.807, 2.05) is 12.1 Å². The number of hydrogen-bond acceptors (Lipinski definition) is 3. The minimum Gasteiger partial charge on any atom is -0.306 e. The van der Waals surface area contributed by atoms with E-state index in [2.05, 4.69) is 11.9 Å². The predicted octanol–water partition coefficient (Wildman–Crippen LogP) is 2.18. The monoisotopic (exact) mass is 330 g/mol. The van der Waals surface area contributed by atoms with Crippen LogP contribution >= 0.6 is 11.6 Å². The Labute approximate surface area is 132 Å². The topological polar surface area (TPSA) is 40.6 Å². The summed E-state index contributed by atoms with van der Waals surface area (Å²) in [6.45, 7) is 1.89. The van der Waals surface area contributed by atoms with Crippen LogP contribution in [0.15, 0.2) is 29.2 Å². The SMILES string of the molecule is CN1CCC(N(C)S(=O)(=O)c2ccc(CCCl)cc2)CC1. The molecule has 1 aromatic carbocycles. The van der Waals surface area contributed by atoms with E-state index in [1.165, 1.54) is 4.31 Å². The van der Waals surface area contributed by atoms with E-state index < -0.39 is 10.0 Å². The molecule has 21 heavy (non-hydrogen) atoms. The van der Waals surface area contributed by atoms with Gasteiger partial charge in [-0.2, -0.15) is 4.31 Å². The van der Waals surface area contributed by atoms with Gasteiger partial charge in [-0.25, -0.2) is 8.42 Å². The van der Waals surface area contributed by atoms with Crippen molar-refractivity contribution in [2.24, 2.45) is 0 Å². The quantitative estimate of drug-likeness (QED) is 0.777. The third kappa shape index (κ3) is 3.97. The summed E-state index contributed by atoms with van der Waals surface area (Å²) in [5.74, 6) is 0.543. The van der Waals surface area contributed by atoms with Gasteiger partial charge in [-0.15, -0.1) is 11.6 Å². The molecule has 1 heterocycles. The van der Waals surface area contributed by atoms with Crippen molar-refractivity contribution in [2.45, 2.75) is 30.2 Å². The summed E-state index contributed by atoms with van der Waals surface area (Å²) in [4.78, 5) is 2.60. The second kappa shape index (κ2) is 7.09. The lowest BCUT2D eigenvalue weighted by Crippen LogP contribution is -2.44. The van der Waals surface area contributed by atoms with E-state index in [-0.39, 0.29) is 6.04 Å². The van der Waals surface area contributed by atoms with Crippen LogP contribution < -0.4 is 0 Å². The molecule has 6 heteroatoms. The van der Waals surface area contributed by atoms with Crippen molar-refractivity contribution in [1.29, 1.82) is 0 Å². The van der Waals surface area contributed by atoms with Gasteiger partial charge in [-0.05, 0) is 57.1 Å². The fraction of sp³-hybridized carbons (Fsp3) is 0.600. The molecule has 118 valence electrons. The van der Waals surface area contributed by atoms with Crippen LogP contribution in [0.2, 0.25) is 0 Å². The third-order valence-electron chi connectivity index (χ3n) is 4.19. The number of aryl methyl sites for hydroxylation is 1. The normalized spacial score (nSPS) is 18.3. The van der Waals surface area contributed by atoms with Gasteiger partial charge in [0.05, 0.1) is 4.90 Å². The molecule has 0 atom stereocenters. The Balaban J connectivity index is 2.13. The first-order valence-corrected chi connectivity index (χ1v) is 9.24. The standard InChI is InChI=1S/C15H23ClN2O2S/c1-17-11-8-14(9-12-17)18(2)21(19,20)15-5-3-13(4-6-15)7-10-16/h3-6,14H,7-12H2,1-2H3. The van der Waals surface area contributed by atoms with Crippen molar-refractivity contribution < 1.29 is 8.42 Å². The summed E-state index contributed by atoms with van der Waals surface area (Å²) in [5, 5.41) is 0. The van der Waals surface area contributed by atoms with Crippen molar-refractivity contribution in [1.82, 2.24) is 9.21 Å². The first kappa shape index (κ1) is 16.7. The number of piperidine rings is 1. The van der Waals surface area contributed by atoms with Crippen LogP contribution in [0, 0.1) is 0 Å². The van der Waals surface area contributed by atoms with Crippen LogP contribution in [-0.4, -0.2) is 56.7 Å². The maximum absolute atomic E-state index is 12.7. The summed E-state index contributed by atoms with van der Waals surface area (Å²) < 4.78 is 26.9. The summed E-state index contributed by atoms with van der Waals surface area (Å²) in [6.07, 6.45) is 2.53. The highest BCUT2D eigenvalue weighted by Gasteiger charge is 2.29. The highest BCUT2D eigenvalue weighted by atomic mass is 35.5. The van der Waals surface area contributed by atoms with E-state index in [0.717, 1.165) is 37.9 Å². The van der Waals surface area contributed by atoms with E-state index in [0.29, 0.717) is 10.8 Å². The second-order valence-electron chi connectivity index (χ2n) is 5.64. The van der Waals surface area contributed by atoms with Crippen LogP contribution in [0.25, 0.3) is 0 Å². The highest BCUT2D eigenvalue weighted by Crippen LogP contribution is 2.22. The van der Waals surface area contributed by atoms with Crippen LogP contribution in [0.1, 0.15) is 18.4 Å². The first-order valence-electron chi connectivity index (χ1n) is 7.26. The summed E-state index contributed by atoms with van der Waals surface area (Å²) in [7, 11) is 0.356. The average molecular weight is 331 g/mol. The lowest BCUT2D eigenvalue weighted by atomic mass is 10.1. The maximum atomic E-state index is 12.7. The molecule has 0 aliphatic carbocycles. The molecule has 2 rings (SSSR count). The molecule has 4 nitrogen and oxygen atoms in total. The van der Waals surface area contributed by atoms with E-state index in [9.17, 15) is 8.42 Å². The lowest BCUT2D eigenvalue weighted by Gasteiger charge is -2.34. The predicted molar refractivity (Wildman–Crippen MR) is 86.3 cm³/mol. The van der Waals surface area contributed by atoms with Crippen molar-refractivity contribution in [2.75, 3.05) is 33.1 Å². The maximum Gasteiger partial charge on any atom is 0.243 e. The number of rotatable bonds is 5. The molecule has 1 fully saturated rings. The Morgan fingerprint density at radius 3 is 2.33 bits per heavy atom. The highest BCUT2D eigenvalue weighted by molar-refractivity contribution is 7.89. The van der Waals surface area contributed by atoms with Gasteiger partial charge >= 0.3 is 0 Å². The molecule has 0 bridgehead atoms. The summed E-state index contributed by atoms with van der Waals surface area (Å²) in [6, 6.07) is 7.15. The van der Waals surface area contributed by atoms with Gasteiger partial charge in [0.15, 0.2) is 0 Å². The largest absolute Gasteiger partial charge is 0.306 e. The third-order valence-corrected chi connectivity index (χ3v) is 6.30. The minimum atomic E-state index is -3.41. The fourth-order valence-electron chi connectivity index (χ4n) is 2.66. The number of hydrogen-bond donors (Lipinski definition) is 0. The van der Waals surface area contributed by atoms with Gasteiger partial charge in [-0.3, -0.25) is 0 Å². The Morgan fingerprint density at radius 1 is 1.24 bits per heavy atom. The first-order chi connectivity index (χ1) is 9.95. The molecule has 0 saturated carbocycles. The smallest absolute Gasteiger partial charge is 0.243 e. The Hall–Kier alpha value is -0.620. The van der Waals surface area contributed by atoms with E-state index >= 15 is 0 Å². The summed E-state index contributed by atoms with van der Waals surface area (Å²) >= 11 is 5.70.